The van der Waals surface area contributed by atoms with Crippen LogP contribution in [0.1, 0.15) is 37.8 Å². The van der Waals surface area contributed by atoms with Gasteiger partial charge in [-0.2, -0.15) is 10.2 Å². The molecule has 1 unspecified atom stereocenters. The van der Waals surface area contributed by atoms with Crippen molar-refractivity contribution in [1.29, 1.82) is 5.26 Å². The summed E-state index contributed by atoms with van der Waals surface area (Å²) in [7, 11) is 0. The third-order valence-electron chi connectivity index (χ3n) is 5.17. The molecule has 2 aromatic carbocycles. The van der Waals surface area contributed by atoms with Gasteiger partial charge in [0.1, 0.15) is 11.6 Å². The van der Waals surface area contributed by atoms with Crippen molar-refractivity contribution in [2.24, 2.45) is 0 Å². The number of nitrogens with zero attached hydrogens (tertiary/aromatic N) is 3. The standard InChI is InChI=1S/C21H21N5O/c1-11-9-27-18-16(11)14(8-15-17(18)19(23)26-20(24)25-15)12-5-4-6-13(7-12)21(2,3)10-22/h4-8,11H,9H2,1-3H3,(H4,23,24,25,26). The molecule has 27 heavy (non-hydrogen) atoms. The molecular weight excluding hydrogens is 338 g/mol. The highest BCUT2D eigenvalue weighted by Crippen LogP contribution is 2.47. The second-order valence-corrected chi connectivity index (χ2v) is 7.56. The number of hydrogen-bond donors (Lipinski definition) is 2. The van der Waals surface area contributed by atoms with E-state index < -0.39 is 5.41 Å². The van der Waals surface area contributed by atoms with E-state index in [-0.39, 0.29) is 11.9 Å². The van der Waals surface area contributed by atoms with Gasteiger partial charge in [0.2, 0.25) is 5.95 Å². The molecule has 3 aromatic rings. The lowest BCUT2D eigenvalue weighted by atomic mass is 9.83. The van der Waals surface area contributed by atoms with E-state index in [1.807, 2.05) is 38.1 Å². The predicted octanol–water partition coefficient (Wildman–Crippen LogP) is 3.76. The van der Waals surface area contributed by atoms with Crippen molar-refractivity contribution in [2.75, 3.05) is 18.1 Å². The topological polar surface area (TPSA) is 111 Å². The van der Waals surface area contributed by atoms with Gasteiger partial charge in [-0.3, -0.25) is 0 Å². The maximum absolute atomic E-state index is 9.49. The molecule has 1 atom stereocenters. The molecular formula is C21H21N5O. The van der Waals surface area contributed by atoms with Gasteiger partial charge in [0.25, 0.3) is 0 Å². The molecule has 6 nitrogen and oxygen atoms in total. The lowest BCUT2D eigenvalue weighted by Gasteiger charge is -2.18. The minimum atomic E-state index is -0.574. The van der Waals surface area contributed by atoms with Crippen LogP contribution in [-0.2, 0) is 5.41 Å². The van der Waals surface area contributed by atoms with Crippen molar-refractivity contribution in [2.45, 2.75) is 32.1 Å². The monoisotopic (exact) mass is 359 g/mol. The van der Waals surface area contributed by atoms with Crippen molar-refractivity contribution >= 4 is 22.7 Å². The summed E-state index contributed by atoms with van der Waals surface area (Å²) in [4.78, 5) is 8.46. The van der Waals surface area contributed by atoms with Gasteiger partial charge in [0.15, 0.2) is 0 Å². The fraction of sp³-hybridized carbons (Fsp3) is 0.286. The normalized spacial score (nSPS) is 16.0. The largest absolute Gasteiger partial charge is 0.492 e. The molecule has 0 bridgehead atoms. The first-order valence-electron chi connectivity index (χ1n) is 8.86. The van der Waals surface area contributed by atoms with E-state index in [0.717, 1.165) is 28.0 Å². The molecule has 4 rings (SSSR count). The first-order valence-corrected chi connectivity index (χ1v) is 8.86. The average molecular weight is 359 g/mol. The summed E-state index contributed by atoms with van der Waals surface area (Å²) in [6.45, 7) is 6.53. The fourth-order valence-electron chi connectivity index (χ4n) is 3.63. The Bertz CT molecular complexity index is 1110. The predicted molar refractivity (Wildman–Crippen MR) is 106 cm³/mol. The van der Waals surface area contributed by atoms with Crippen LogP contribution >= 0.6 is 0 Å². The molecule has 136 valence electrons. The Labute approximate surface area is 157 Å². The molecule has 1 aromatic heterocycles. The maximum atomic E-state index is 9.49. The number of benzene rings is 2. The van der Waals surface area contributed by atoms with Crippen LogP contribution in [0, 0.1) is 11.3 Å². The average Bonchev–Trinajstić information content (AvgIpc) is 3.02. The minimum absolute atomic E-state index is 0.135. The summed E-state index contributed by atoms with van der Waals surface area (Å²) in [5.74, 6) is 1.41. The Balaban J connectivity index is 2.03. The zero-order valence-electron chi connectivity index (χ0n) is 15.6. The van der Waals surface area contributed by atoms with Gasteiger partial charge >= 0.3 is 0 Å². The van der Waals surface area contributed by atoms with Crippen molar-refractivity contribution in [1.82, 2.24) is 9.97 Å². The van der Waals surface area contributed by atoms with Gasteiger partial charge in [-0.1, -0.05) is 25.1 Å². The van der Waals surface area contributed by atoms with Crippen LogP contribution in [0.3, 0.4) is 0 Å². The SMILES string of the molecule is CC1COc2c1c(-c1cccc(C(C)(C)C#N)c1)cc1nc(N)nc(N)c21. The number of ether oxygens (including phenoxy) is 1. The molecule has 0 radical (unpaired) electrons. The summed E-state index contributed by atoms with van der Waals surface area (Å²) in [5, 5.41) is 10.2. The molecule has 1 aliphatic heterocycles. The third kappa shape index (κ3) is 2.63. The van der Waals surface area contributed by atoms with E-state index >= 15 is 0 Å². The fourth-order valence-corrected chi connectivity index (χ4v) is 3.63. The van der Waals surface area contributed by atoms with Crippen molar-refractivity contribution < 1.29 is 4.74 Å². The molecule has 1 aliphatic rings. The van der Waals surface area contributed by atoms with Crippen LogP contribution < -0.4 is 16.2 Å². The maximum Gasteiger partial charge on any atom is 0.222 e. The van der Waals surface area contributed by atoms with E-state index in [0.29, 0.717) is 23.3 Å². The molecule has 0 spiro atoms. The van der Waals surface area contributed by atoms with E-state index in [2.05, 4.69) is 29.0 Å². The molecule has 0 saturated carbocycles. The van der Waals surface area contributed by atoms with Crippen LogP contribution in [0.5, 0.6) is 5.75 Å². The number of nitrogens with two attached hydrogens (primary N) is 2. The first kappa shape index (κ1) is 17.1. The zero-order chi connectivity index (χ0) is 19.3. The lowest BCUT2D eigenvalue weighted by molar-refractivity contribution is 0.340. The molecule has 4 N–H and O–H groups in total. The Morgan fingerprint density at radius 2 is 2.00 bits per heavy atom. The Hall–Kier alpha value is -3.33. The highest BCUT2D eigenvalue weighted by Gasteiger charge is 2.29. The van der Waals surface area contributed by atoms with Crippen molar-refractivity contribution in [3.05, 3.63) is 41.5 Å². The number of fused-ring (bicyclic) bond motifs is 3. The second kappa shape index (κ2) is 5.85. The lowest BCUT2D eigenvalue weighted by Crippen LogP contribution is -2.13. The second-order valence-electron chi connectivity index (χ2n) is 7.56. The summed E-state index contributed by atoms with van der Waals surface area (Å²) < 4.78 is 5.97. The number of nitriles is 1. The van der Waals surface area contributed by atoms with E-state index in [4.69, 9.17) is 16.2 Å². The van der Waals surface area contributed by atoms with Crippen LogP contribution in [0.4, 0.5) is 11.8 Å². The molecule has 0 amide bonds. The number of anilines is 2. The van der Waals surface area contributed by atoms with E-state index in [9.17, 15) is 5.26 Å². The number of hydrogen-bond acceptors (Lipinski definition) is 6. The van der Waals surface area contributed by atoms with Crippen LogP contribution in [0.2, 0.25) is 0 Å². The smallest absolute Gasteiger partial charge is 0.222 e. The summed E-state index contributed by atoms with van der Waals surface area (Å²) in [6.07, 6.45) is 0. The van der Waals surface area contributed by atoms with Gasteiger partial charge in [0, 0.05) is 11.5 Å². The summed E-state index contributed by atoms with van der Waals surface area (Å²) in [5.41, 5.74) is 16.1. The van der Waals surface area contributed by atoms with Crippen molar-refractivity contribution in [3.63, 3.8) is 0 Å². The number of rotatable bonds is 2. The van der Waals surface area contributed by atoms with Gasteiger partial charge in [-0.15, -0.1) is 0 Å². The van der Waals surface area contributed by atoms with Crippen molar-refractivity contribution in [3.8, 4) is 22.9 Å². The molecule has 0 fully saturated rings. The zero-order valence-corrected chi connectivity index (χ0v) is 15.6. The summed E-state index contributed by atoms with van der Waals surface area (Å²) in [6, 6.07) is 12.4. The van der Waals surface area contributed by atoms with Gasteiger partial charge in [0.05, 0.1) is 29.0 Å². The van der Waals surface area contributed by atoms with Gasteiger partial charge in [-0.05, 0) is 42.7 Å². The quantitative estimate of drug-likeness (QED) is 0.721. The van der Waals surface area contributed by atoms with Crippen LogP contribution in [0.25, 0.3) is 22.0 Å². The Morgan fingerprint density at radius 1 is 1.22 bits per heavy atom. The molecule has 0 aliphatic carbocycles. The van der Waals surface area contributed by atoms with Crippen LogP contribution in [-0.4, -0.2) is 16.6 Å². The summed E-state index contributed by atoms with van der Waals surface area (Å²) >= 11 is 0. The van der Waals surface area contributed by atoms with E-state index in [1.165, 1.54) is 0 Å². The highest BCUT2D eigenvalue weighted by molar-refractivity contribution is 6.00. The van der Waals surface area contributed by atoms with E-state index in [1.54, 1.807) is 0 Å². The Morgan fingerprint density at radius 3 is 2.74 bits per heavy atom. The van der Waals surface area contributed by atoms with Crippen LogP contribution in [0.15, 0.2) is 30.3 Å². The molecule has 0 saturated heterocycles. The third-order valence-corrected chi connectivity index (χ3v) is 5.17. The van der Waals surface area contributed by atoms with Gasteiger partial charge in [-0.25, -0.2) is 4.98 Å². The molecule has 2 heterocycles. The molecule has 6 heteroatoms. The highest BCUT2D eigenvalue weighted by atomic mass is 16.5. The van der Waals surface area contributed by atoms with Gasteiger partial charge < -0.3 is 16.2 Å². The number of nitrogen functional groups attached to an aromatic ring is 2. The Kier molecular flexibility index (Phi) is 3.70. The first-order chi connectivity index (χ1) is 12.8. The minimum Gasteiger partial charge on any atom is -0.492 e. The number of aromatic nitrogens is 2.